The van der Waals surface area contributed by atoms with Crippen molar-refractivity contribution in [2.75, 3.05) is 14.1 Å². The Morgan fingerprint density at radius 1 is 1.05 bits per heavy atom. The van der Waals surface area contributed by atoms with Crippen LogP contribution >= 0.6 is 11.8 Å². The first-order valence-corrected chi connectivity index (χ1v) is 7.11. The molecular weight excluding hydrogens is 254 g/mol. The second-order valence-electron chi connectivity index (χ2n) is 4.75. The third-order valence-electron chi connectivity index (χ3n) is 2.77. The highest BCUT2D eigenvalue weighted by Crippen LogP contribution is 2.31. The normalized spacial score (nSPS) is 10.9. The van der Waals surface area contributed by atoms with Gasteiger partial charge in [-0.05, 0) is 43.4 Å². The smallest absolute Gasteiger partial charge is 0.0682 e. The van der Waals surface area contributed by atoms with Gasteiger partial charge in [0.2, 0.25) is 0 Å². The first kappa shape index (κ1) is 14.1. The predicted molar refractivity (Wildman–Crippen MR) is 80.3 cm³/mol. The van der Waals surface area contributed by atoms with Gasteiger partial charge in [-0.25, -0.2) is 0 Å². The molecule has 0 radical (unpaired) electrons. The average molecular weight is 273 g/mol. The van der Waals surface area contributed by atoms with Gasteiger partial charge in [-0.1, -0.05) is 42.1 Å². The van der Waals surface area contributed by atoms with E-state index < -0.39 is 0 Å². The molecule has 1 N–H and O–H groups in total. The van der Waals surface area contributed by atoms with E-state index in [1.165, 1.54) is 10.5 Å². The molecule has 0 spiro atoms. The Hall–Kier alpha value is -1.29. The summed E-state index contributed by atoms with van der Waals surface area (Å²) in [5, 5.41) is 9.19. The van der Waals surface area contributed by atoms with Gasteiger partial charge in [-0.15, -0.1) is 0 Å². The quantitative estimate of drug-likeness (QED) is 0.903. The summed E-state index contributed by atoms with van der Waals surface area (Å²) in [5.41, 5.74) is 2.28. The summed E-state index contributed by atoms with van der Waals surface area (Å²) in [5.74, 6) is 0. The minimum Gasteiger partial charge on any atom is -0.392 e. The Kier molecular flexibility index (Phi) is 5.02. The second kappa shape index (κ2) is 6.75. The molecule has 0 aliphatic carbocycles. The molecule has 2 nitrogen and oxygen atoms in total. The topological polar surface area (TPSA) is 23.5 Å². The highest BCUT2D eigenvalue weighted by Gasteiger charge is 2.05. The molecule has 0 amide bonds. The summed E-state index contributed by atoms with van der Waals surface area (Å²) in [4.78, 5) is 4.60. The van der Waals surface area contributed by atoms with Gasteiger partial charge in [0.1, 0.15) is 0 Å². The number of nitrogens with zero attached hydrogens (tertiary/aromatic N) is 1. The van der Waals surface area contributed by atoms with Crippen molar-refractivity contribution in [2.45, 2.75) is 22.9 Å². The molecule has 0 aliphatic heterocycles. The molecule has 100 valence electrons. The van der Waals surface area contributed by atoms with Crippen molar-refractivity contribution in [1.29, 1.82) is 0 Å². The summed E-state index contributed by atoms with van der Waals surface area (Å²) in [7, 11) is 4.15. The summed E-state index contributed by atoms with van der Waals surface area (Å²) < 4.78 is 0. The first-order chi connectivity index (χ1) is 9.19. The molecule has 3 heteroatoms. The lowest BCUT2D eigenvalue weighted by atomic mass is 10.2. The maximum Gasteiger partial charge on any atom is 0.0682 e. The van der Waals surface area contributed by atoms with Gasteiger partial charge in [-0.2, -0.15) is 0 Å². The molecule has 0 bridgehead atoms. The van der Waals surface area contributed by atoms with E-state index in [9.17, 15) is 5.11 Å². The average Bonchev–Trinajstić information content (AvgIpc) is 2.41. The van der Waals surface area contributed by atoms with Crippen molar-refractivity contribution >= 4 is 11.8 Å². The molecule has 19 heavy (non-hydrogen) atoms. The first-order valence-electron chi connectivity index (χ1n) is 6.29. The molecule has 0 unspecified atom stereocenters. The summed E-state index contributed by atoms with van der Waals surface area (Å²) in [6.45, 7) is 1.02. The monoisotopic (exact) mass is 273 g/mol. The number of benzene rings is 2. The number of hydrogen-bond acceptors (Lipinski definition) is 3. The minimum absolute atomic E-state index is 0.0910. The molecule has 0 heterocycles. The number of aliphatic hydroxyl groups is 1. The zero-order valence-corrected chi connectivity index (χ0v) is 12.2. The highest BCUT2D eigenvalue weighted by molar-refractivity contribution is 7.99. The zero-order chi connectivity index (χ0) is 13.7. The van der Waals surface area contributed by atoms with Crippen molar-refractivity contribution in [3.05, 3.63) is 59.7 Å². The number of rotatable bonds is 5. The molecule has 2 aromatic carbocycles. The predicted octanol–water partition coefficient (Wildman–Crippen LogP) is 3.39. The van der Waals surface area contributed by atoms with Crippen molar-refractivity contribution in [1.82, 2.24) is 4.90 Å². The van der Waals surface area contributed by atoms with E-state index in [4.69, 9.17) is 0 Å². The van der Waals surface area contributed by atoms with E-state index in [2.05, 4.69) is 49.3 Å². The summed E-state index contributed by atoms with van der Waals surface area (Å²) >= 11 is 1.75. The van der Waals surface area contributed by atoms with Crippen molar-refractivity contribution in [3.8, 4) is 0 Å². The van der Waals surface area contributed by atoms with E-state index in [-0.39, 0.29) is 6.61 Å². The number of aliphatic hydroxyl groups excluding tert-OH is 1. The lowest BCUT2D eigenvalue weighted by molar-refractivity contribution is 0.281. The van der Waals surface area contributed by atoms with Crippen LogP contribution in [0.4, 0.5) is 0 Å². The maximum atomic E-state index is 9.19. The standard InChI is InChI=1S/C16H19NOS/c1-17(2)11-14-7-3-4-9-16(14)19-15-8-5-6-13(10-15)12-18/h3-10,18H,11-12H2,1-2H3. The molecule has 0 atom stereocenters. The van der Waals surface area contributed by atoms with Crippen LogP contribution in [-0.2, 0) is 13.2 Å². The van der Waals surface area contributed by atoms with E-state index >= 15 is 0 Å². The van der Waals surface area contributed by atoms with Crippen molar-refractivity contribution < 1.29 is 5.11 Å². The molecule has 0 aromatic heterocycles. The Morgan fingerprint density at radius 2 is 1.84 bits per heavy atom. The van der Waals surface area contributed by atoms with Crippen LogP contribution in [0.15, 0.2) is 58.3 Å². The fourth-order valence-electron chi connectivity index (χ4n) is 1.91. The van der Waals surface area contributed by atoms with Crippen LogP contribution in [0.25, 0.3) is 0 Å². The molecule has 2 rings (SSSR count). The van der Waals surface area contributed by atoms with Gasteiger partial charge in [0.15, 0.2) is 0 Å². The Bertz CT molecular complexity index is 540. The molecular formula is C16H19NOS. The van der Waals surface area contributed by atoms with Crippen LogP contribution in [0.5, 0.6) is 0 Å². The van der Waals surface area contributed by atoms with Crippen LogP contribution in [-0.4, -0.2) is 24.1 Å². The minimum atomic E-state index is 0.0910. The second-order valence-corrected chi connectivity index (χ2v) is 5.87. The molecule has 0 aliphatic rings. The van der Waals surface area contributed by atoms with E-state index in [1.807, 2.05) is 18.2 Å². The Labute approximate surface area is 119 Å². The molecule has 0 saturated heterocycles. The van der Waals surface area contributed by atoms with Gasteiger partial charge >= 0.3 is 0 Å². The van der Waals surface area contributed by atoms with Crippen LogP contribution < -0.4 is 0 Å². The lowest BCUT2D eigenvalue weighted by Crippen LogP contribution is -2.11. The third kappa shape index (κ3) is 4.10. The van der Waals surface area contributed by atoms with Crippen LogP contribution in [0, 0.1) is 0 Å². The fourth-order valence-corrected chi connectivity index (χ4v) is 2.93. The van der Waals surface area contributed by atoms with E-state index in [0.29, 0.717) is 0 Å². The fraction of sp³-hybridized carbons (Fsp3) is 0.250. The Balaban J connectivity index is 2.22. The van der Waals surface area contributed by atoms with E-state index in [1.54, 1.807) is 11.8 Å². The van der Waals surface area contributed by atoms with Crippen molar-refractivity contribution in [2.24, 2.45) is 0 Å². The SMILES string of the molecule is CN(C)Cc1ccccc1Sc1cccc(CO)c1. The van der Waals surface area contributed by atoms with Gasteiger partial charge in [0.25, 0.3) is 0 Å². The van der Waals surface area contributed by atoms with Crippen LogP contribution in [0.2, 0.25) is 0 Å². The van der Waals surface area contributed by atoms with Crippen LogP contribution in [0.1, 0.15) is 11.1 Å². The molecule has 0 saturated carbocycles. The van der Waals surface area contributed by atoms with Crippen molar-refractivity contribution in [3.63, 3.8) is 0 Å². The number of hydrogen-bond donors (Lipinski definition) is 1. The van der Waals surface area contributed by atoms with Gasteiger partial charge in [0.05, 0.1) is 6.61 Å². The summed E-state index contributed by atoms with van der Waals surface area (Å²) in [6, 6.07) is 16.5. The summed E-state index contributed by atoms with van der Waals surface area (Å²) in [6.07, 6.45) is 0. The molecule has 2 aromatic rings. The van der Waals surface area contributed by atoms with Gasteiger partial charge < -0.3 is 10.0 Å². The maximum absolute atomic E-state index is 9.19. The highest BCUT2D eigenvalue weighted by atomic mass is 32.2. The third-order valence-corrected chi connectivity index (χ3v) is 3.88. The lowest BCUT2D eigenvalue weighted by Gasteiger charge is -2.14. The van der Waals surface area contributed by atoms with Crippen LogP contribution in [0.3, 0.4) is 0 Å². The van der Waals surface area contributed by atoms with Gasteiger partial charge in [0, 0.05) is 16.3 Å². The largest absolute Gasteiger partial charge is 0.392 e. The Morgan fingerprint density at radius 3 is 2.58 bits per heavy atom. The van der Waals surface area contributed by atoms with Gasteiger partial charge in [-0.3, -0.25) is 0 Å². The van der Waals surface area contributed by atoms with E-state index in [0.717, 1.165) is 17.0 Å². The molecule has 0 fully saturated rings. The zero-order valence-electron chi connectivity index (χ0n) is 11.3.